The lowest BCUT2D eigenvalue weighted by Gasteiger charge is -2.45. The lowest BCUT2D eigenvalue weighted by Crippen LogP contribution is -2.66. The van der Waals surface area contributed by atoms with Gasteiger partial charge in [-0.3, -0.25) is 33.5 Å². The van der Waals surface area contributed by atoms with Crippen LogP contribution in [-0.2, 0) is 38.1 Å². The van der Waals surface area contributed by atoms with Gasteiger partial charge in [-0.25, -0.2) is 4.79 Å². The molecule has 0 aliphatic carbocycles. The highest BCUT2D eigenvalue weighted by Gasteiger charge is 2.54. The SMILES string of the molecule is CC(=O)OC[C@H]1O[C@@H](n2cc(C)c(=O)[nH]c2=O)[C@H](NC(=O)C(F)(F)F)[C@@H](OC(C)=O)[C@@H]1OC(C)=O. The maximum Gasteiger partial charge on any atom is 0.471 e. The maximum atomic E-state index is 13.1. The van der Waals surface area contributed by atoms with Gasteiger partial charge in [0.15, 0.2) is 18.4 Å². The molecule has 2 N–H and O–H groups in total. The third kappa shape index (κ3) is 6.91. The Morgan fingerprint density at radius 3 is 2.14 bits per heavy atom. The topological polar surface area (TPSA) is 172 Å². The van der Waals surface area contributed by atoms with Crippen LogP contribution in [0.5, 0.6) is 0 Å². The van der Waals surface area contributed by atoms with Crippen LogP contribution in [0.4, 0.5) is 13.2 Å². The van der Waals surface area contributed by atoms with Gasteiger partial charge in [-0.1, -0.05) is 0 Å². The number of rotatable bonds is 6. The number of esters is 3. The van der Waals surface area contributed by atoms with Gasteiger partial charge in [-0.2, -0.15) is 13.2 Å². The van der Waals surface area contributed by atoms with Gasteiger partial charge in [0.1, 0.15) is 18.8 Å². The van der Waals surface area contributed by atoms with Crippen LogP contribution < -0.4 is 16.6 Å². The Morgan fingerprint density at radius 2 is 1.63 bits per heavy atom. The Bertz CT molecular complexity index is 1110. The number of aromatic nitrogens is 2. The van der Waals surface area contributed by atoms with Crippen LogP contribution in [0.3, 0.4) is 0 Å². The van der Waals surface area contributed by atoms with Crippen LogP contribution >= 0.6 is 0 Å². The summed E-state index contributed by atoms with van der Waals surface area (Å²) in [5.41, 5.74) is -2.00. The molecule has 1 aromatic heterocycles. The predicted molar refractivity (Wildman–Crippen MR) is 106 cm³/mol. The fourth-order valence-electron chi connectivity index (χ4n) is 3.32. The maximum absolute atomic E-state index is 13.1. The molecule has 0 unspecified atom stereocenters. The summed E-state index contributed by atoms with van der Waals surface area (Å²) in [6, 6.07) is -1.96. The van der Waals surface area contributed by atoms with E-state index in [-0.39, 0.29) is 5.56 Å². The van der Waals surface area contributed by atoms with Crippen molar-refractivity contribution >= 4 is 23.8 Å². The fourth-order valence-corrected chi connectivity index (χ4v) is 3.32. The molecule has 0 radical (unpaired) electrons. The Morgan fingerprint density at radius 1 is 1.06 bits per heavy atom. The number of carbonyl (C=O) groups excluding carboxylic acids is 4. The Kier molecular flexibility index (Phi) is 8.43. The normalized spacial score (nSPS) is 24.3. The minimum Gasteiger partial charge on any atom is -0.463 e. The number of amides is 1. The monoisotopic (exact) mass is 509 g/mol. The van der Waals surface area contributed by atoms with E-state index in [9.17, 15) is 41.9 Å². The lowest BCUT2D eigenvalue weighted by atomic mass is 9.94. The molecular weight excluding hydrogens is 487 g/mol. The van der Waals surface area contributed by atoms with E-state index in [0.29, 0.717) is 4.57 Å². The van der Waals surface area contributed by atoms with Crippen molar-refractivity contribution in [2.45, 2.75) is 64.5 Å². The van der Waals surface area contributed by atoms with E-state index in [2.05, 4.69) is 0 Å². The van der Waals surface area contributed by atoms with Gasteiger partial charge in [-0.15, -0.1) is 0 Å². The van der Waals surface area contributed by atoms with Crippen molar-refractivity contribution in [3.63, 3.8) is 0 Å². The Balaban J connectivity index is 2.71. The van der Waals surface area contributed by atoms with E-state index in [4.69, 9.17) is 18.9 Å². The summed E-state index contributed by atoms with van der Waals surface area (Å²) in [5, 5.41) is 1.60. The first-order valence-corrected chi connectivity index (χ1v) is 9.94. The zero-order valence-corrected chi connectivity index (χ0v) is 18.8. The van der Waals surface area contributed by atoms with E-state index in [1.807, 2.05) is 4.98 Å². The van der Waals surface area contributed by atoms with Crippen LogP contribution in [0, 0.1) is 6.92 Å². The number of hydrogen-bond acceptors (Lipinski definition) is 10. The molecule has 16 heteroatoms. The van der Waals surface area contributed by atoms with Crippen molar-refractivity contribution in [2.24, 2.45) is 0 Å². The minimum atomic E-state index is -5.40. The number of aromatic amines is 1. The molecule has 194 valence electrons. The molecular formula is C19H22F3N3O10. The summed E-state index contributed by atoms with van der Waals surface area (Å²) in [6.07, 6.45) is -11.3. The number of hydrogen-bond donors (Lipinski definition) is 2. The van der Waals surface area contributed by atoms with Crippen molar-refractivity contribution < 1.29 is 51.3 Å². The lowest BCUT2D eigenvalue weighted by molar-refractivity contribution is -0.240. The molecule has 1 aromatic rings. The van der Waals surface area contributed by atoms with Gasteiger partial charge >= 0.3 is 35.7 Å². The molecule has 1 aliphatic rings. The first kappa shape index (κ1) is 27.6. The second-order valence-electron chi connectivity index (χ2n) is 7.49. The smallest absolute Gasteiger partial charge is 0.463 e. The number of H-pyrrole nitrogens is 1. The second-order valence-corrected chi connectivity index (χ2v) is 7.49. The molecule has 2 heterocycles. The highest BCUT2D eigenvalue weighted by molar-refractivity contribution is 5.82. The van der Waals surface area contributed by atoms with Crippen LogP contribution in [0.15, 0.2) is 15.8 Å². The number of aryl methyl sites for hydroxylation is 1. The highest BCUT2D eigenvalue weighted by Crippen LogP contribution is 2.33. The first-order valence-electron chi connectivity index (χ1n) is 9.94. The molecule has 5 atom stereocenters. The molecule has 0 aromatic carbocycles. The van der Waals surface area contributed by atoms with Crippen LogP contribution in [-0.4, -0.2) is 70.5 Å². The van der Waals surface area contributed by atoms with Crippen molar-refractivity contribution in [3.8, 4) is 0 Å². The minimum absolute atomic E-state index is 0.0585. The Labute approximate surface area is 194 Å². The third-order valence-electron chi connectivity index (χ3n) is 4.70. The summed E-state index contributed by atoms with van der Waals surface area (Å²) < 4.78 is 60.7. The highest BCUT2D eigenvalue weighted by atomic mass is 19.4. The van der Waals surface area contributed by atoms with E-state index in [1.165, 1.54) is 6.92 Å². The average molecular weight is 509 g/mol. The number of ether oxygens (including phenoxy) is 4. The van der Waals surface area contributed by atoms with Gasteiger partial charge in [0.05, 0.1) is 0 Å². The van der Waals surface area contributed by atoms with E-state index in [1.54, 1.807) is 5.32 Å². The zero-order valence-electron chi connectivity index (χ0n) is 18.8. The first-order chi connectivity index (χ1) is 16.1. The third-order valence-corrected chi connectivity index (χ3v) is 4.70. The standard InChI is InChI=1S/C19H22F3N3O10/c1-7-5-25(18(31)24-15(7)29)16-12(23-17(30)19(20,21)22)14(34-10(4)28)13(33-9(3)27)11(35-16)6-32-8(2)26/h5,11-14,16H,6H2,1-4H3,(H,23,30)(H,24,29,31)/t11-,12-,13-,14-,16-/m1/s1. The van der Waals surface area contributed by atoms with Gasteiger partial charge in [0.25, 0.3) is 5.56 Å². The molecule has 1 saturated heterocycles. The van der Waals surface area contributed by atoms with Crippen molar-refractivity contribution in [3.05, 3.63) is 32.6 Å². The summed E-state index contributed by atoms with van der Waals surface area (Å²) >= 11 is 0. The summed E-state index contributed by atoms with van der Waals surface area (Å²) in [5.74, 6) is -5.31. The van der Waals surface area contributed by atoms with Crippen molar-refractivity contribution in [1.29, 1.82) is 0 Å². The zero-order chi connectivity index (χ0) is 26.7. The van der Waals surface area contributed by atoms with E-state index < -0.39 is 78.4 Å². The van der Waals surface area contributed by atoms with Gasteiger partial charge < -0.3 is 24.3 Å². The fraction of sp³-hybridized carbons (Fsp3) is 0.579. The molecule has 35 heavy (non-hydrogen) atoms. The number of nitrogens with zero attached hydrogens (tertiary/aromatic N) is 1. The molecule has 1 amide bonds. The number of halogens is 3. The van der Waals surface area contributed by atoms with E-state index >= 15 is 0 Å². The Hall–Kier alpha value is -3.69. The quantitative estimate of drug-likeness (QED) is 0.366. The summed E-state index contributed by atoms with van der Waals surface area (Å²) in [4.78, 5) is 72.9. The predicted octanol–water partition coefficient (Wildman–Crippen LogP) is -0.784. The van der Waals surface area contributed by atoms with Crippen LogP contribution in [0.1, 0.15) is 32.6 Å². The largest absolute Gasteiger partial charge is 0.471 e. The molecule has 0 spiro atoms. The molecule has 0 saturated carbocycles. The molecule has 13 nitrogen and oxygen atoms in total. The van der Waals surface area contributed by atoms with Gasteiger partial charge in [0.2, 0.25) is 0 Å². The second kappa shape index (κ2) is 10.7. The van der Waals surface area contributed by atoms with Gasteiger partial charge in [0, 0.05) is 32.5 Å². The van der Waals surface area contributed by atoms with Crippen LogP contribution in [0.2, 0.25) is 0 Å². The number of nitrogens with one attached hydrogen (secondary N) is 2. The van der Waals surface area contributed by atoms with Gasteiger partial charge in [-0.05, 0) is 6.92 Å². The number of alkyl halides is 3. The molecule has 1 fully saturated rings. The number of carbonyl (C=O) groups is 4. The summed E-state index contributed by atoms with van der Waals surface area (Å²) in [6.45, 7) is 3.52. The van der Waals surface area contributed by atoms with Crippen LogP contribution in [0.25, 0.3) is 0 Å². The molecule has 2 rings (SSSR count). The molecule has 1 aliphatic heterocycles. The summed E-state index contributed by atoms with van der Waals surface area (Å²) in [7, 11) is 0. The molecule has 0 bridgehead atoms. The van der Waals surface area contributed by atoms with Crippen molar-refractivity contribution in [1.82, 2.24) is 14.9 Å². The van der Waals surface area contributed by atoms with Crippen molar-refractivity contribution in [2.75, 3.05) is 6.61 Å². The van der Waals surface area contributed by atoms with E-state index in [0.717, 1.165) is 27.0 Å². The average Bonchev–Trinajstić information content (AvgIpc) is 2.71.